The Hall–Kier alpha value is -5.83. The zero-order valence-corrected chi connectivity index (χ0v) is 67.1. The number of nitrogens with zero attached hydrogens (tertiary/aromatic N) is 6. The smallest absolute Gasteiger partial charge is 0.309 e. The molecule has 0 saturated carbocycles. The summed E-state index contributed by atoms with van der Waals surface area (Å²) in [5, 5.41) is 24.8. The number of thioether (sulfide) groups is 5. The molecule has 0 aromatic carbocycles. The summed E-state index contributed by atoms with van der Waals surface area (Å²) in [6.07, 6.45) is 6.38. The van der Waals surface area contributed by atoms with Crippen molar-refractivity contribution in [2.45, 2.75) is 99.8 Å². The van der Waals surface area contributed by atoms with Crippen molar-refractivity contribution in [1.29, 1.82) is 10.5 Å². The highest BCUT2D eigenvalue weighted by Crippen LogP contribution is 2.14. The minimum Gasteiger partial charge on any atom is -0.462 e. The van der Waals surface area contributed by atoms with Gasteiger partial charge in [-0.3, -0.25) is 57.5 Å². The molecule has 0 saturated heterocycles. The zero-order chi connectivity index (χ0) is 78.4. The normalized spacial score (nSPS) is 12.8. The van der Waals surface area contributed by atoms with E-state index in [1.807, 2.05) is 56.1 Å². The second-order valence-electron chi connectivity index (χ2n) is 24.3. The summed E-state index contributed by atoms with van der Waals surface area (Å²) < 4.78 is 64.1. The molecule has 0 rings (SSSR count). The first-order valence-corrected chi connectivity index (χ1v) is 41.5. The molecule has 105 heavy (non-hydrogen) atoms. The fraction of sp³-hybridized carbons (Fsp3) is 0.797. The molecule has 0 aliphatic rings. The summed E-state index contributed by atoms with van der Waals surface area (Å²) in [7, 11) is 0. The van der Waals surface area contributed by atoms with E-state index in [4.69, 9.17) is 67.4 Å². The number of thiocyanates is 2. The molecule has 6 unspecified atom stereocenters. The molecule has 0 amide bonds. The third-order valence-corrected chi connectivity index (χ3v) is 19.3. The Morgan fingerprint density at radius 3 is 0.771 bits per heavy atom. The van der Waals surface area contributed by atoms with Crippen LogP contribution in [0.3, 0.4) is 0 Å². The fourth-order valence-corrected chi connectivity index (χ4v) is 11.9. The highest BCUT2D eigenvalue weighted by molar-refractivity contribution is 8.04. The summed E-state index contributed by atoms with van der Waals surface area (Å²) in [5.41, 5.74) is 0. The van der Waals surface area contributed by atoms with Crippen molar-refractivity contribution < 1.29 is 114 Å². The molecule has 600 valence electrons. The van der Waals surface area contributed by atoms with Gasteiger partial charge in [-0.25, -0.2) is 0 Å². The third kappa shape index (κ3) is 55.3. The van der Waals surface area contributed by atoms with Crippen molar-refractivity contribution in [1.82, 2.24) is 24.9 Å². The molecule has 0 aliphatic carbocycles. The summed E-state index contributed by atoms with van der Waals surface area (Å²) >= 11 is 6.32. The SMILES string of the molecule is CCCC(C)C(=O)OCCOC(=O)CCN(CCN(CCNCCC(=O)OCCOC(=O)C(C)CSC)CCC(=O)OCCOC(=O)C(C)CSC#N)CCN(CCC(=O)OCCOC(=O)C(C)CSC)CCN(CCC(=O)OCCOC(=O)C(C)CSC)CCC(=O)OCCOC(=O)C(C)CSC#N. The van der Waals surface area contributed by atoms with Gasteiger partial charge in [0.1, 0.15) is 90.1 Å². The second kappa shape index (κ2) is 65.3. The van der Waals surface area contributed by atoms with Crippen LogP contribution in [0.2, 0.25) is 0 Å². The van der Waals surface area contributed by atoms with Gasteiger partial charge in [-0.1, -0.05) is 54.9 Å². The first-order chi connectivity index (χ1) is 50.3. The van der Waals surface area contributed by atoms with Gasteiger partial charge < -0.3 is 81.8 Å². The lowest BCUT2D eigenvalue weighted by atomic mass is 10.1. The van der Waals surface area contributed by atoms with Crippen molar-refractivity contribution in [2.75, 3.05) is 218 Å². The van der Waals surface area contributed by atoms with Crippen molar-refractivity contribution in [2.24, 2.45) is 35.5 Å². The number of hydrogen-bond acceptors (Lipinski definition) is 36. The van der Waals surface area contributed by atoms with Crippen LogP contribution in [0.5, 0.6) is 0 Å². The number of nitrogens with one attached hydrogen (secondary N) is 1. The number of ether oxygens (including phenoxy) is 12. The van der Waals surface area contributed by atoms with Gasteiger partial charge in [0, 0.05) is 120 Å². The van der Waals surface area contributed by atoms with E-state index in [-0.39, 0.29) is 231 Å². The van der Waals surface area contributed by atoms with E-state index in [1.165, 1.54) is 35.3 Å². The number of carbonyl (C=O) groups is 12. The molecule has 0 aromatic heterocycles. The maximum atomic E-state index is 13.4. The maximum Gasteiger partial charge on any atom is 0.309 e. The lowest BCUT2D eigenvalue weighted by molar-refractivity contribution is -0.155. The maximum absolute atomic E-state index is 13.4. The summed E-state index contributed by atoms with van der Waals surface area (Å²) in [4.78, 5) is 161. The summed E-state index contributed by atoms with van der Waals surface area (Å²) in [6.45, 7) is 13.1. The van der Waals surface area contributed by atoms with Crippen molar-refractivity contribution in [3.8, 4) is 10.8 Å². The van der Waals surface area contributed by atoms with Gasteiger partial charge in [-0.2, -0.15) is 45.8 Å². The average molecular weight is 1590 g/mol. The molecule has 0 aliphatic heterocycles. The Morgan fingerprint density at radius 2 is 0.524 bits per heavy atom. The van der Waals surface area contributed by atoms with Crippen LogP contribution >= 0.6 is 58.8 Å². The lowest BCUT2D eigenvalue weighted by Crippen LogP contribution is -2.44. The molecule has 31 nitrogen and oxygen atoms in total. The van der Waals surface area contributed by atoms with Gasteiger partial charge in [0.05, 0.1) is 74.0 Å². The molecule has 6 atom stereocenters. The first-order valence-electron chi connectivity index (χ1n) is 35.4. The molecule has 0 aromatic rings. The molecule has 0 radical (unpaired) electrons. The van der Waals surface area contributed by atoms with Gasteiger partial charge >= 0.3 is 71.6 Å². The summed E-state index contributed by atoms with van der Waals surface area (Å²) in [6, 6.07) is 0. The van der Waals surface area contributed by atoms with Crippen molar-refractivity contribution >= 4 is 130 Å². The van der Waals surface area contributed by atoms with Crippen molar-refractivity contribution in [3.05, 3.63) is 0 Å². The van der Waals surface area contributed by atoms with E-state index in [0.29, 0.717) is 43.3 Å². The Balaban J connectivity index is 7.06. The number of carbonyl (C=O) groups excluding carboxylic acids is 12. The summed E-state index contributed by atoms with van der Waals surface area (Å²) in [5.74, 6) is -6.63. The molecular weight excluding hydrogens is 1470 g/mol. The van der Waals surface area contributed by atoms with E-state index in [0.717, 1.165) is 29.9 Å². The average Bonchev–Trinajstić information content (AvgIpc) is 0.968. The second-order valence-corrected chi connectivity index (χ2v) is 28.7. The van der Waals surface area contributed by atoms with Gasteiger partial charge in [-0.05, 0) is 48.7 Å². The molecular formula is C69H115N7O24S5. The molecule has 1 N–H and O–H groups in total. The van der Waals surface area contributed by atoms with Crippen LogP contribution in [-0.4, -0.2) is 310 Å². The van der Waals surface area contributed by atoms with Gasteiger partial charge in [0.15, 0.2) is 0 Å². The number of rotatable bonds is 66. The van der Waals surface area contributed by atoms with Crippen molar-refractivity contribution in [3.63, 3.8) is 0 Å². The van der Waals surface area contributed by atoms with Crippen LogP contribution in [0.1, 0.15) is 99.8 Å². The van der Waals surface area contributed by atoms with E-state index in [9.17, 15) is 57.5 Å². The van der Waals surface area contributed by atoms with E-state index >= 15 is 0 Å². The zero-order valence-electron chi connectivity index (χ0n) is 63.1. The minimum atomic E-state index is -0.632. The van der Waals surface area contributed by atoms with Crippen LogP contribution in [0.15, 0.2) is 0 Å². The van der Waals surface area contributed by atoms with E-state index in [1.54, 1.807) is 41.5 Å². The van der Waals surface area contributed by atoms with E-state index in [2.05, 4.69) is 5.32 Å². The topological polar surface area (TPSA) is 388 Å². The van der Waals surface area contributed by atoms with E-state index < -0.39 is 77.5 Å². The van der Waals surface area contributed by atoms with Gasteiger partial charge in [0.2, 0.25) is 0 Å². The lowest BCUT2D eigenvalue weighted by Gasteiger charge is -2.31. The van der Waals surface area contributed by atoms with Crippen LogP contribution in [0.25, 0.3) is 0 Å². The molecule has 0 bridgehead atoms. The Bertz CT molecular complexity index is 2610. The largest absolute Gasteiger partial charge is 0.462 e. The molecule has 0 spiro atoms. The predicted molar refractivity (Wildman–Crippen MR) is 399 cm³/mol. The highest BCUT2D eigenvalue weighted by Gasteiger charge is 2.23. The van der Waals surface area contributed by atoms with Gasteiger partial charge in [-0.15, -0.1) is 0 Å². The van der Waals surface area contributed by atoms with Gasteiger partial charge in [0.25, 0.3) is 0 Å². The Morgan fingerprint density at radius 1 is 0.305 bits per heavy atom. The minimum absolute atomic E-state index is 0.00380. The first kappa shape index (κ1) is 99.2. The van der Waals surface area contributed by atoms with Crippen LogP contribution in [0, 0.1) is 56.8 Å². The van der Waals surface area contributed by atoms with Crippen LogP contribution < -0.4 is 5.32 Å². The molecule has 0 fully saturated rings. The Labute approximate surface area is 641 Å². The van der Waals surface area contributed by atoms with Crippen LogP contribution in [0.4, 0.5) is 0 Å². The standard InChI is InChI=1S/C69H115N7O24S5/c1-11-12-52(2)64(83)95-39-34-90-62(81)18-25-76(30-28-74(23-16-61(80)93-38-44-100-69(88)57(7)49-105-51-71)26-20-72-19-13-58(77)89-33-40-96-65(84)53(3)45-101-8)32-31-75(24-17-63(82)94-36-42-98-67(86)55(5)47-103-10)29-27-73(21-14-59(78)91-35-41-97-66(85)54(4)46-102-9)22-15-60(79)92-37-43-99-68(87)56(6)48-104-50-70/h52-57,72H,11-49H2,1-10H3. The molecule has 0 heterocycles. The quantitative estimate of drug-likeness (QED) is 0.0370. The molecule has 36 heteroatoms. The fourth-order valence-electron chi connectivity index (χ4n) is 9.03. The Kier molecular flexibility index (Phi) is 61.6. The number of esters is 12. The van der Waals surface area contributed by atoms with Crippen LogP contribution in [-0.2, 0) is 114 Å². The number of hydrogen-bond donors (Lipinski definition) is 1. The third-order valence-electron chi connectivity index (χ3n) is 15.2. The monoisotopic (exact) mass is 1590 g/mol. The highest BCUT2D eigenvalue weighted by atomic mass is 32.2. The predicted octanol–water partition coefficient (Wildman–Crippen LogP) is 4.78. The number of nitriles is 2.